The van der Waals surface area contributed by atoms with Gasteiger partial charge in [0.1, 0.15) is 6.10 Å². The second-order valence-corrected chi connectivity index (χ2v) is 4.12. The quantitative estimate of drug-likeness (QED) is 0.802. The monoisotopic (exact) mass is 262 g/mol. The molecule has 0 aliphatic rings. The van der Waals surface area contributed by atoms with Crippen molar-refractivity contribution in [3.8, 4) is 0 Å². The molecule has 2 N–H and O–H groups in total. The molecule has 0 saturated carbocycles. The van der Waals surface area contributed by atoms with Gasteiger partial charge in [-0.2, -0.15) is 13.2 Å². The number of hydrogen-bond acceptors (Lipinski definition) is 3. The summed E-state index contributed by atoms with van der Waals surface area (Å²) < 4.78 is 41.3. The van der Waals surface area contributed by atoms with Crippen LogP contribution < -0.4 is 5.73 Å². The van der Waals surface area contributed by atoms with Crippen molar-refractivity contribution in [2.45, 2.75) is 38.1 Å². The summed E-state index contributed by atoms with van der Waals surface area (Å²) in [7, 11) is 0. The topological polar surface area (TPSA) is 48.1 Å². The third-order valence-corrected chi connectivity index (χ3v) is 2.36. The minimum Gasteiger partial charge on any atom is -0.370 e. The Hall–Kier alpha value is -1.14. The molecule has 1 rings (SSSR count). The molecule has 0 saturated heterocycles. The van der Waals surface area contributed by atoms with Crippen molar-refractivity contribution in [2.75, 3.05) is 6.61 Å². The van der Waals surface area contributed by atoms with E-state index < -0.39 is 18.7 Å². The molecule has 2 atom stereocenters. The van der Waals surface area contributed by atoms with Gasteiger partial charge in [0.15, 0.2) is 0 Å². The average Bonchev–Trinajstić information content (AvgIpc) is 2.28. The van der Waals surface area contributed by atoms with Gasteiger partial charge in [0, 0.05) is 25.3 Å². The Kier molecular flexibility index (Phi) is 5.55. The van der Waals surface area contributed by atoms with E-state index in [1.807, 2.05) is 0 Å². The zero-order chi connectivity index (χ0) is 13.6. The Morgan fingerprint density at radius 2 is 2.11 bits per heavy atom. The summed E-state index contributed by atoms with van der Waals surface area (Å²) in [5.41, 5.74) is 6.39. The van der Waals surface area contributed by atoms with Crippen molar-refractivity contribution in [1.29, 1.82) is 0 Å². The first-order valence-corrected chi connectivity index (χ1v) is 5.75. The van der Waals surface area contributed by atoms with Crippen LogP contribution in [-0.4, -0.2) is 23.8 Å². The van der Waals surface area contributed by atoms with Gasteiger partial charge in [-0.15, -0.1) is 0 Å². The minimum absolute atomic E-state index is 0.0162. The van der Waals surface area contributed by atoms with Crippen LogP contribution in [0.1, 0.15) is 31.6 Å². The predicted molar refractivity (Wildman–Crippen MR) is 61.9 cm³/mol. The fourth-order valence-electron chi connectivity index (χ4n) is 1.53. The summed E-state index contributed by atoms with van der Waals surface area (Å²) in [5, 5.41) is 0. The highest BCUT2D eigenvalue weighted by molar-refractivity contribution is 5.08. The maximum Gasteiger partial charge on any atom is 0.389 e. The molecule has 6 heteroatoms. The van der Waals surface area contributed by atoms with E-state index in [1.54, 1.807) is 31.3 Å². The average molecular weight is 262 g/mol. The summed E-state index contributed by atoms with van der Waals surface area (Å²) in [6.07, 6.45) is -3.93. The zero-order valence-electron chi connectivity index (χ0n) is 10.2. The van der Waals surface area contributed by atoms with Gasteiger partial charge >= 0.3 is 6.18 Å². The molecule has 2 unspecified atom stereocenters. The van der Waals surface area contributed by atoms with E-state index in [1.165, 1.54) is 0 Å². The molecule has 0 aliphatic carbocycles. The highest BCUT2D eigenvalue weighted by atomic mass is 19.4. The van der Waals surface area contributed by atoms with E-state index in [-0.39, 0.29) is 19.1 Å². The van der Waals surface area contributed by atoms with Gasteiger partial charge in [-0.05, 0) is 25.5 Å². The minimum atomic E-state index is -4.14. The van der Waals surface area contributed by atoms with Crippen molar-refractivity contribution >= 4 is 0 Å². The Bertz CT molecular complexity index is 341. The van der Waals surface area contributed by atoms with Gasteiger partial charge in [-0.1, -0.05) is 6.07 Å². The second-order valence-electron chi connectivity index (χ2n) is 4.12. The second kappa shape index (κ2) is 6.70. The van der Waals surface area contributed by atoms with Crippen molar-refractivity contribution in [3.05, 3.63) is 30.1 Å². The third-order valence-electron chi connectivity index (χ3n) is 2.36. The van der Waals surface area contributed by atoms with Crippen LogP contribution in [0.15, 0.2) is 24.4 Å². The van der Waals surface area contributed by atoms with Crippen molar-refractivity contribution in [3.63, 3.8) is 0 Å². The van der Waals surface area contributed by atoms with E-state index in [0.29, 0.717) is 5.69 Å². The maximum absolute atomic E-state index is 12.0. The summed E-state index contributed by atoms with van der Waals surface area (Å²) in [4.78, 5) is 4.10. The number of aromatic nitrogens is 1. The van der Waals surface area contributed by atoms with Gasteiger partial charge in [0.25, 0.3) is 0 Å². The highest BCUT2D eigenvalue weighted by Gasteiger charge is 2.26. The summed E-state index contributed by atoms with van der Waals surface area (Å²) in [6, 6.07) is 4.96. The number of rotatable bonds is 6. The summed E-state index contributed by atoms with van der Waals surface area (Å²) in [5.74, 6) is 0. The highest BCUT2D eigenvalue weighted by Crippen LogP contribution is 2.23. The number of pyridine rings is 1. The number of alkyl halides is 3. The Morgan fingerprint density at radius 1 is 1.39 bits per heavy atom. The molecular formula is C12H17F3N2O. The fourth-order valence-corrected chi connectivity index (χ4v) is 1.53. The lowest BCUT2D eigenvalue weighted by molar-refractivity contribution is -0.139. The molecule has 18 heavy (non-hydrogen) atoms. The van der Waals surface area contributed by atoms with Crippen LogP contribution in [0.5, 0.6) is 0 Å². The SMILES string of the molecule is CC(N)C(OCCCC(F)(F)F)c1ccccn1. The molecule has 1 heterocycles. The molecule has 0 bridgehead atoms. The number of hydrogen-bond donors (Lipinski definition) is 1. The number of nitrogens with zero attached hydrogens (tertiary/aromatic N) is 1. The molecule has 1 aromatic rings. The standard InChI is InChI=1S/C12H17F3N2O/c1-9(16)11(10-5-2-3-7-17-10)18-8-4-6-12(13,14)15/h2-3,5,7,9,11H,4,6,8,16H2,1H3. The summed E-state index contributed by atoms with van der Waals surface area (Å²) in [6.45, 7) is 1.76. The van der Waals surface area contributed by atoms with Crippen LogP contribution in [0.2, 0.25) is 0 Å². The Morgan fingerprint density at radius 3 is 2.61 bits per heavy atom. The molecular weight excluding hydrogens is 245 g/mol. The molecule has 1 aromatic heterocycles. The van der Waals surface area contributed by atoms with Crippen LogP contribution in [0.3, 0.4) is 0 Å². The molecule has 0 radical (unpaired) electrons. The normalized spacial score (nSPS) is 15.4. The summed E-state index contributed by atoms with van der Waals surface area (Å²) >= 11 is 0. The smallest absolute Gasteiger partial charge is 0.370 e. The lowest BCUT2D eigenvalue weighted by Crippen LogP contribution is -2.28. The Labute approximate surface area is 104 Å². The molecule has 0 spiro atoms. The van der Waals surface area contributed by atoms with E-state index in [9.17, 15) is 13.2 Å². The van der Waals surface area contributed by atoms with E-state index in [0.717, 1.165) is 0 Å². The van der Waals surface area contributed by atoms with Gasteiger partial charge < -0.3 is 10.5 Å². The Balaban J connectivity index is 2.45. The van der Waals surface area contributed by atoms with Gasteiger partial charge in [-0.3, -0.25) is 4.98 Å². The maximum atomic E-state index is 12.0. The number of halogens is 3. The first kappa shape index (κ1) is 14.9. The van der Waals surface area contributed by atoms with Gasteiger partial charge in [0.2, 0.25) is 0 Å². The number of nitrogens with two attached hydrogens (primary N) is 1. The van der Waals surface area contributed by atoms with E-state index >= 15 is 0 Å². The molecule has 0 aliphatic heterocycles. The zero-order valence-corrected chi connectivity index (χ0v) is 10.2. The fraction of sp³-hybridized carbons (Fsp3) is 0.583. The van der Waals surface area contributed by atoms with Crippen LogP contribution >= 0.6 is 0 Å². The van der Waals surface area contributed by atoms with Gasteiger partial charge in [-0.25, -0.2) is 0 Å². The number of ether oxygens (including phenoxy) is 1. The van der Waals surface area contributed by atoms with Crippen LogP contribution in [-0.2, 0) is 4.74 Å². The molecule has 0 amide bonds. The molecule has 0 fully saturated rings. The van der Waals surface area contributed by atoms with Gasteiger partial charge in [0.05, 0.1) is 5.69 Å². The van der Waals surface area contributed by atoms with E-state index in [2.05, 4.69) is 4.98 Å². The van der Waals surface area contributed by atoms with E-state index in [4.69, 9.17) is 10.5 Å². The largest absolute Gasteiger partial charge is 0.389 e. The first-order chi connectivity index (χ1) is 8.40. The third kappa shape index (κ3) is 5.46. The first-order valence-electron chi connectivity index (χ1n) is 5.75. The lowest BCUT2D eigenvalue weighted by Gasteiger charge is -2.21. The predicted octanol–water partition coefficient (Wildman–Crippen LogP) is 2.83. The van der Waals surface area contributed by atoms with Crippen molar-refractivity contribution in [1.82, 2.24) is 4.98 Å². The van der Waals surface area contributed by atoms with Crippen LogP contribution in [0.25, 0.3) is 0 Å². The molecule has 102 valence electrons. The molecule has 3 nitrogen and oxygen atoms in total. The van der Waals surface area contributed by atoms with Crippen molar-refractivity contribution < 1.29 is 17.9 Å². The van der Waals surface area contributed by atoms with Crippen LogP contribution in [0, 0.1) is 0 Å². The van der Waals surface area contributed by atoms with Crippen LogP contribution in [0.4, 0.5) is 13.2 Å². The van der Waals surface area contributed by atoms with Crippen molar-refractivity contribution in [2.24, 2.45) is 5.73 Å². The molecule has 0 aromatic carbocycles. The lowest BCUT2D eigenvalue weighted by atomic mass is 10.1.